The summed E-state index contributed by atoms with van der Waals surface area (Å²) in [6.07, 6.45) is 3.47. The first-order chi connectivity index (χ1) is 7.77. The van der Waals surface area contributed by atoms with Crippen molar-refractivity contribution in [2.45, 2.75) is 12.2 Å². The van der Waals surface area contributed by atoms with Gasteiger partial charge >= 0.3 is 0 Å². The molecule has 0 saturated carbocycles. The summed E-state index contributed by atoms with van der Waals surface area (Å²) in [6, 6.07) is 7.62. The number of aliphatic hydroxyl groups excluding tert-OH is 2. The summed E-state index contributed by atoms with van der Waals surface area (Å²) in [5, 5.41) is 20.4. The van der Waals surface area contributed by atoms with Crippen molar-refractivity contribution in [1.29, 1.82) is 0 Å². The lowest BCUT2D eigenvalue weighted by atomic mass is 9.91. The molecule has 2 N–H and O–H groups in total. The number of fused-ring (bicyclic) bond motifs is 3. The van der Waals surface area contributed by atoms with E-state index in [0.29, 0.717) is 0 Å². The number of hydrogen-bond donors (Lipinski definition) is 2. The predicted molar refractivity (Wildman–Crippen MR) is 61.7 cm³/mol. The van der Waals surface area contributed by atoms with Crippen LogP contribution in [0.4, 0.5) is 0 Å². The summed E-state index contributed by atoms with van der Waals surface area (Å²) in [5.74, 6) is 0. The molecule has 80 valence electrons. The second-order valence-electron chi connectivity index (χ2n) is 3.94. The maximum Gasteiger partial charge on any atom is 0.109 e. The van der Waals surface area contributed by atoms with Crippen molar-refractivity contribution in [3.63, 3.8) is 0 Å². The molecule has 1 aliphatic rings. The van der Waals surface area contributed by atoms with Gasteiger partial charge in [0.2, 0.25) is 0 Å². The Kier molecular flexibility index (Phi) is 2.02. The highest BCUT2D eigenvalue weighted by atomic mass is 16.3. The maximum atomic E-state index is 9.86. The highest BCUT2D eigenvalue weighted by Crippen LogP contribution is 2.32. The van der Waals surface area contributed by atoms with E-state index < -0.39 is 12.2 Å². The van der Waals surface area contributed by atoms with Crippen molar-refractivity contribution in [2.75, 3.05) is 0 Å². The molecule has 2 aromatic rings. The van der Waals surface area contributed by atoms with E-state index in [2.05, 4.69) is 4.98 Å². The largest absolute Gasteiger partial charge is 0.386 e. The molecular weight excluding hydrogens is 202 g/mol. The van der Waals surface area contributed by atoms with E-state index >= 15 is 0 Å². The van der Waals surface area contributed by atoms with Gasteiger partial charge in [-0.05, 0) is 11.6 Å². The van der Waals surface area contributed by atoms with Crippen LogP contribution in [0, 0.1) is 0 Å². The Balaban J connectivity index is 2.34. The molecule has 1 aliphatic carbocycles. The predicted octanol–water partition coefficient (Wildman–Crippen LogP) is 1.66. The van der Waals surface area contributed by atoms with Crippen LogP contribution in [0.1, 0.15) is 17.2 Å². The van der Waals surface area contributed by atoms with Crippen LogP contribution >= 0.6 is 0 Å². The van der Waals surface area contributed by atoms with Crippen LogP contribution in [-0.4, -0.2) is 21.3 Å². The van der Waals surface area contributed by atoms with Gasteiger partial charge in [-0.25, -0.2) is 0 Å². The van der Waals surface area contributed by atoms with Crippen LogP contribution in [0.2, 0.25) is 0 Å². The summed E-state index contributed by atoms with van der Waals surface area (Å²) in [4.78, 5) is 4.31. The van der Waals surface area contributed by atoms with E-state index in [4.69, 9.17) is 0 Å². The first kappa shape index (κ1) is 9.51. The Morgan fingerprint density at radius 1 is 1.12 bits per heavy atom. The monoisotopic (exact) mass is 213 g/mol. The lowest BCUT2D eigenvalue weighted by molar-refractivity contribution is 0.0471. The molecule has 1 aromatic carbocycles. The van der Waals surface area contributed by atoms with Crippen molar-refractivity contribution < 1.29 is 10.2 Å². The average molecular weight is 213 g/mol. The lowest BCUT2D eigenvalue weighted by Gasteiger charge is -2.22. The number of aromatic nitrogens is 1. The molecule has 0 unspecified atom stereocenters. The molecule has 2 atom stereocenters. The number of hydrogen-bond acceptors (Lipinski definition) is 3. The molecule has 0 aliphatic heterocycles. The second-order valence-corrected chi connectivity index (χ2v) is 3.94. The average Bonchev–Trinajstić information content (AvgIpc) is 2.33. The van der Waals surface area contributed by atoms with Crippen molar-refractivity contribution in [2.24, 2.45) is 0 Å². The number of nitrogens with zero attached hydrogens (tertiary/aromatic N) is 1. The SMILES string of the molecule is O[C@H]1C=Cc2c(ccc3cccnc23)[C@@H]1O. The number of rotatable bonds is 0. The first-order valence-electron chi connectivity index (χ1n) is 5.19. The van der Waals surface area contributed by atoms with Crippen molar-refractivity contribution in [3.8, 4) is 0 Å². The van der Waals surface area contributed by atoms with Gasteiger partial charge < -0.3 is 10.2 Å². The Labute approximate surface area is 92.7 Å². The molecule has 0 fully saturated rings. The smallest absolute Gasteiger partial charge is 0.109 e. The second kappa shape index (κ2) is 3.40. The standard InChI is InChI=1S/C13H11NO2/c15-11-6-5-9-10(13(11)16)4-3-8-2-1-7-14-12(8)9/h1-7,11,13,15-16H/t11-,13-/m0/s1. The normalized spacial score (nSPS) is 23.4. The van der Waals surface area contributed by atoms with Crippen LogP contribution < -0.4 is 0 Å². The van der Waals surface area contributed by atoms with Crippen molar-refractivity contribution in [1.82, 2.24) is 4.98 Å². The van der Waals surface area contributed by atoms with Crippen LogP contribution in [0.3, 0.4) is 0 Å². The summed E-state index contributed by atoms with van der Waals surface area (Å²) in [7, 11) is 0. The van der Waals surface area contributed by atoms with E-state index in [1.165, 1.54) is 0 Å². The topological polar surface area (TPSA) is 53.4 Å². The quantitative estimate of drug-likeness (QED) is 0.699. The highest BCUT2D eigenvalue weighted by Gasteiger charge is 2.23. The minimum atomic E-state index is -0.855. The molecule has 1 aromatic heterocycles. The third-order valence-corrected chi connectivity index (χ3v) is 2.95. The zero-order valence-electron chi connectivity index (χ0n) is 8.54. The first-order valence-corrected chi connectivity index (χ1v) is 5.19. The van der Waals surface area contributed by atoms with Gasteiger partial charge in [0.25, 0.3) is 0 Å². The highest BCUT2D eigenvalue weighted by molar-refractivity contribution is 5.89. The van der Waals surface area contributed by atoms with E-state index in [-0.39, 0.29) is 0 Å². The van der Waals surface area contributed by atoms with Gasteiger partial charge in [0.15, 0.2) is 0 Å². The molecular formula is C13H11NO2. The van der Waals surface area contributed by atoms with Crippen LogP contribution in [-0.2, 0) is 0 Å². The van der Waals surface area contributed by atoms with Crippen molar-refractivity contribution in [3.05, 3.63) is 47.7 Å². The Bertz CT molecular complexity index is 577. The van der Waals surface area contributed by atoms with Gasteiger partial charge in [-0.1, -0.05) is 30.4 Å². The Morgan fingerprint density at radius 3 is 2.88 bits per heavy atom. The molecule has 1 heterocycles. The van der Waals surface area contributed by atoms with Gasteiger partial charge in [-0.2, -0.15) is 0 Å². The van der Waals surface area contributed by atoms with Gasteiger partial charge in [-0.3, -0.25) is 4.98 Å². The third-order valence-electron chi connectivity index (χ3n) is 2.95. The molecule has 3 rings (SSSR count). The van der Waals surface area contributed by atoms with Gasteiger partial charge in [-0.15, -0.1) is 0 Å². The zero-order valence-corrected chi connectivity index (χ0v) is 8.54. The molecule has 0 spiro atoms. The molecule has 0 bridgehead atoms. The lowest BCUT2D eigenvalue weighted by Crippen LogP contribution is -2.19. The number of aliphatic hydroxyl groups is 2. The van der Waals surface area contributed by atoms with Gasteiger partial charge in [0, 0.05) is 17.1 Å². The number of pyridine rings is 1. The van der Waals surface area contributed by atoms with E-state index in [0.717, 1.165) is 22.0 Å². The minimum absolute atomic E-state index is 0.737. The summed E-state index contributed by atoms with van der Waals surface area (Å²) in [6.45, 7) is 0. The molecule has 3 heteroatoms. The fourth-order valence-electron chi connectivity index (χ4n) is 2.10. The van der Waals surface area contributed by atoms with Crippen LogP contribution in [0.5, 0.6) is 0 Å². The van der Waals surface area contributed by atoms with Gasteiger partial charge in [0.1, 0.15) is 12.2 Å². The third kappa shape index (κ3) is 1.26. The van der Waals surface area contributed by atoms with Crippen molar-refractivity contribution >= 4 is 17.0 Å². The van der Waals surface area contributed by atoms with E-state index in [9.17, 15) is 10.2 Å². The fourth-order valence-corrected chi connectivity index (χ4v) is 2.10. The van der Waals surface area contributed by atoms with Crippen LogP contribution in [0.25, 0.3) is 17.0 Å². The Morgan fingerprint density at radius 2 is 2.00 bits per heavy atom. The fraction of sp³-hybridized carbons (Fsp3) is 0.154. The summed E-state index contributed by atoms with van der Waals surface area (Å²) in [5.41, 5.74) is 2.50. The maximum absolute atomic E-state index is 9.86. The zero-order chi connectivity index (χ0) is 11.1. The molecule has 0 saturated heterocycles. The van der Waals surface area contributed by atoms with Gasteiger partial charge in [0.05, 0.1) is 5.52 Å². The number of benzene rings is 1. The minimum Gasteiger partial charge on any atom is -0.386 e. The summed E-state index contributed by atoms with van der Waals surface area (Å²) >= 11 is 0. The summed E-state index contributed by atoms with van der Waals surface area (Å²) < 4.78 is 0. The molecule has 0 amide bonds. The Hall–Kier alpha value is -1.71. The van der Waals surface area contributed by atoms with E-state index in [1.54, 1.807) is 12.3 Å². The van der Waals surface area contributed by atoms with E-state index in [1.807, 2.05) is 30.3 Å². The molecule has 3 nitrogen and oxygen atoms in total. The molecule has 16 heavy (non-hydrogen) atoms. The van der Waals surface area contributed by atoms with Crippen LogP contribution in [0.15, 0.2) is 36.5 Å². The molecule has 0 radical (unpaired) electrons.